The van der Waals surface area contributed by atoms with E-state index in [1.165, 1.54) is 0 Å². The quantitative estimate of drug-likeness (QED) is 0.294. The average Bonchev–Trinajstić information content (AvgIpc) is 3.37. The Balaban J connectivity index is 1.45. The van der Waals surface area contributed by atoms with E-state index in [1.807, 2.05) is 12.1 Å². The van der Waals surface area contributed by atoms with Crippen molar-refractivity contribution < 1.29 is 14.6 Å². The summed E-state index contributed by atoms with van der Waals surface area (Å²) >= 11 is 5.95. The number of azo groups is 1. The Hall–Kier alpha value is -4.17. The van der Waals surface area contributed by atoms with Crippen molar-refractivity contribution in [3.63, 3.8) is 0 Å². The number of rotatable bonds is 4. The van der Waals surface area contributed by atoms with Crippen molar-refractivity contribution in [1.29, 1.82) is 0 Å². The first kappa shape index (κ1) is 19.8. The van der Waals surface area contributed by atoms with Gasteiger partial charge in [0.05, 0.1) is 23.7 Å². The van der Waals surface area contributed by atoms with E-state index in [-0.39, 0.29) is 11.6 Å². The van der Waals surface area contributed by atoms with Gasteiger partial charge in [-0.1, -0.05) is 11.6 Å². The number of aromatic nitrogens is 3. The number of aromatic hydroxyl groups is 1. The van der Waals surface area contributed by atoms with Crippen LogP contribution in [0, 0.1) is 0 Å². The largest absolute Gasteiger partial charge is 0.497 e. The van der Waals surface area contributed by atoms with Crippen molar-refractivity contribution in [2.24, 2.45) is 10.2 Å². The molecule has 0 bridgehead atoms. The summed E-state index contributed by atoms with van der Waals surface area (Å²) in [5.41, 5.74) is 3.44. The number of amides is 1. The van der Waals surface area contributed by atoms with Crippen LogP contribution in [0.15, 0.2) is 70.9 Å². The second-order valence-electron chi connectivity index (χ2n) is 7.06. The number of fused-ring (bicyclic) bond motifs is 2. The predicted molar refractivity (Wildman–Crippen MR) is 122 cm³/mol. The fraction of sp³-hybridized carbons (Fsp3) is 0.0435. The lowest BCUT2D eigenvalue weighted by molar-refractivity contribution is 0.0995. The Morgan fingerprint density at radius 3 is 2.62 bits per heavy atom. The van der Waals surface area contributed by atoms with E-state index < -0.39 is 5.91 Å². The van der Waals surface area contributed by atoms with Gasteiger partial charge < -0.3 is 19.8 Å². The van der Waals surface area contributed by atoms with E-state index in [0.29, 0.717) is 44.1 Å². The van der Waals surface area contributed by atoms with Gasteiger partial charge in [0.1, 0.15) is 11.6 Å². The molecule has 0 spiro atoms. The van der Waals surface area contributed by atoms with Gasteiger partial charge in [0, 0.05) is 21.5 Å². The molecule has 0 unspecified atom stereocenters. The number of ether oxygens (including phenoxy) is 1. The molecule has 0 aliphatic carbocycles. The minimum Gasteiger partial charge on any atom is -0.497 e. The van der Waals surface area contributed by atoms with Gasteiger partial charge in [-0.15, -0.1) is 10.2 Å². The summed E-state index contributed by atoms with van der Waals surface area (Å²) in [5.74, 6) is 0.536. The molecule has 0 aliphatic rings. The summed E-state index contributed by atoms with van der Waals surface area (Å²) in [5, 5.41) is 19.2. The van der Waals surface area contributed by atoms with Crippen molar-refractivity contribution in [3.8, 4) is 23.0 Å². The molecule has 0 fully saturated rings. The molecule has 1 amide bonds. The monoisotopic (exact) mass is 445 g/mol. The Morgan fingerprint density at radius 1 is 1.03 bits per heavy atom. The first-order valence-electron chi connectivity index (χ1n) is 9.62. The normalized spacial score (nSPS) is 11.6. The fourth-order valence-corrected chi connectivity index (χ4v) is 3.54. The predicted octanol–water partition coefficient (Wildman–Crippen LogP) is 6.00. The number of benzene rings is 3. The van der Waals surface area contributed by atoms with Crippen molar-refractivity contribution >= 4 is 45.1 Å². The Morgan fingerprint density at radius 2 is 1.84 bits per heavy atom. The molecule has 5 rings (SSSR count). The maximum Gasteiger partial charge on any atom is 0.295 e. The van der Waals surface area contributed by atoms with Gasteiger partial charge in [-0.2, -0.15) is 0 Å². The number of imidazole rings is 1. The van der Waals surface area contributed by atoms with Crippen LogP contribution in [-0.2, 0) is 0 Å². The molecule has 0 aliphatic heterocycles. The summed E-state index contributed by atoms with van der Waals surface area (Å²) in [6.07, 6.45) is 0. The smallest absolute Gasteiger partial charge is 0.295 e. The second-order valence-corrected chi connectivity index (χ2v) is 7.50. The number of methoxy groups -OCH3 is 1. The van der Waals surface area contributed by atoms with Crippen LogP contribution in [0.5, 0.6) is 11.6 Å². The fourth-order valence-electron chi connectivity index (χ4n) is 3.41. The number of halogens is 1. The summed E-state index contributed by atoms with van der Waals surface area (Å²) in [6.45, 7) is 0. The van der Waals surface area contributed by atoms with Crippen LogP contribution in [0.4, 0.5) is 5.69 Å². The van der Waals surface area contributed by atoms with E-state index in [0.717, 1.165) is 5.56 Å². The average molecular weight is 446 g/mol. The van der Waals surface area contributed by atoms with Gasteiger partial charge in [0.2, 0.25) is 5.88 Å². The van der Waals surface area contributed by atoms with E-state index in [9.17, 15) is 9.90 Å². The van der Waals surface area contributed by atoms with Crippen molar-refractivity contribution in [2.75, 3.05) is 7.11 Å². The Kier molecular flexibility index (Phi) is 4.84. The lowest BCUT2D eigenvalue weighted by Crippen LogP contribution is -1.93. The van der Waals surface area contributed by atoms with Gasteiger partial charge in [0.25, 0.3) is 5.91 Å². The first-order valence-corrected chi connectivity index (χ1v) is 10.00. The lowest BCUT2D eigenvalue weighted by Gasteiger charge is -1.99. The van der Waals surface area contributed by atoms with Gasteiger partial charge in [-0.25, -0.2) is 4.98 Å². The minimum atomic E-state index is -0.550. The van der Waals surface area contributed by atoms with Crippen LogP contribution in [0.2, 0.25) is 5.02 Å². The molecule has 8 nitrogen and oxygen atoms in total. The summed E-state index contributed by atoms with van der Waals surface area (Å²) in [4.78, 5) is 23.2. The van der Waals surface area contributed by atoms with Crippen molar-refractivity contribution in [3.05, 3.63) is 71.2 Å². The number of carbonyl (C=O) groups excluding carboxylic acids is 1. The second kappa shape index (κ2) is 7.82. The van der Waals surface area contributed by atoms with E-state index in [4.69, 9.17) is 16.3 Å². The highest BCUT2D eigenvalue weighted by atomic mass is 35.5. The number of aromatic amines is 2. The molecule has 2 aromatic heterocycles. The number of hydrogen-bond donors (Lipinski definition) is 3. The highest BCUT2D eigenvalue weighted by Gasteiger charge is 2.14. The molecule has 9 heteroatoms. The van der Waals surface area contributed by atoms with Crippen LogP contribution in [0.25, 0.3) is 33.3 Å². The van der Waals surface area contributed by atoms with E-state index in [1.54, 1.807) is 55.6 Å². The highest BCUT2D eigenvalue weighted by Crippen LogP contribution is 2.37. The molecule has 2 heterocycles. The van der Waals surface area contributed by atoms with Crippen LogP contribution in [0.3, 0.4) is 0 Å². The lowest BCUT2D eigenvalue weighted by atomic mass is 10.2. The molecule has 3 N–H and O–H groups in total. The molecule has 0 atom stereocenters. The Bertz CT molecular complexity index is 1500. The van der Waals surface area contributed by atoms with E-state index >= 15 is 0 Å². The van der Waals surface area contributed by atoms with Gasteiger partial charge >= 0.3 is 0 Å². The third kappa shape index (κ3) is 3.57. The molecule has 3 aromatic carbocycles. The topological polar surface area (TPSA) is 116 Å². The third-order valence-corrected chi connectivity index (χ3v) is 5.30. The van der Waals surface area contributed by atoms with Crippen LogP contribution < -0.4 is 4.74 Å². The molecular formula is C23H16ClN5O3. The first-order chi connectivity index (χ1) is 15.5. The van der Waals surface area contributed by atoms with Crippen LogP contribution in [0.1, 0.15) is 10.4 Å². The third-order valence-electron chi connectivity index (χ3n) is 5.05. The van der Waals surface area contributed by atoms with Gasteiger partial charge in [-0.05, 0) is 60.7 Å². The molecular weight excluding hydrogens is 430 g/mol. The summed E-state index contributed by atoms with van der Waals surface area (Å²) in [6, 6.07) is 17.6. The molecule has 0 radical (unpaired) electrons. The molecule has 0 saturated carbocycles. The zero-order valence-electron chi connectivity index (χ0n) is 16.8. The molecule has 158 valence electrons. The van der Waals surface area contributed by atoms with Crippen LogP contribution >= 0.6 is 11.6 Å². The van der Waals surface area contributed by atoms with E-state index in [2.05, 4.69) is 25.2 Å². The summed E-state index contributed by atoms with van der Waals surface area (Å²) < 4.78 is 5.21. The van der Waals surface area contributed by atoms with Crippen molar-refractivity contribution in [1.82, 2.24) is 15.0 Å². The standard InChI is InChI=1S/C23H16ClN5O3/c1-32-15-7-9-17-16(11-15)20(23(31)27-17)28-29-22(30)13-4-8-18-19(10-13)26-21(25-18)12-2-5-14(24)6-3-12/h2-11,27,31H,1H3,(H,25,26). The molecule has 0 saturated heterocycles. The van der Waals surface area contributed by atoms with Gasteiger partial charge in [0.15, 0.2) is 5.69 Å². The number of nitrogens with one attached hydrogen (secondary N) is 2. The maximum absolute atomic E-state index is 12.6. The number of carbonyl (C=O) groups is 1. The minimum absolute atomic E-state index is 0.167. The highest BCUT2D eigenvalue weighted by molar-refractivity contribution is 6.30. The SMILES string of the molecule is COc1ccc2[nH]c(O)c(N=NC(=O)c3ccc4nc(-c5ccc(Cl)cc5)[nH]c4c3)c2c1. The zero-order valence-corrected chi connectivity index (χ0v) is 17.5. The molecule has 32 heavy (non-hydrogen) atoms. The van der Waals surface area contributed by atoms with Crippen LogP contribution in [-0.4, -0.2) is 33.1 Å². The Labute approximate surface area is 186 Å². The molecule has 5 aromatic rings. The van der Waals surface area contributed by atoms with Gasteiger partial charge in [-0.3, -0.25) is 4.79 Å². The maximum atomic E-state index is 12.6. The number of hydrogen-bond acceptors (Lipinski definition) is 5. The zero-order chi connectivity index (χ0) is 22.2. The van der Waals surface area contributed by atoms with Crippen molar-refractivity contribution in [2.45, 2.75) is 0 Å². The number of H-pyrrole nitrogens is 2. The summed E-state index contributed by atoms with van der Waals surface area (Å²) in [7, 11) is 1.54. The number of nitrogens with zero attached hydrogens (tertiary/aromatic N) is 3.